The van der Waals surface area contributed by atoms with Crippen LogP contribution in [0.4, 0.5) is 0 Å². The van der Waals surface area contributed by atoms with Crippen LogP contribution >= 0.6 is 23.2 Å². The van der Waals surface area contributed by atoms with E-state index in [1.165, 1.54) is 6.07 Å². The molecule has 2 aromatic carbocycles. The Labute approximate surface area is 193 Å². The standard InChI is InChI=1S/C22H25Cl2NO5S/c1-2-10-29-19-6-3-16(4-7-19)13-25(18-9-11-31(27,28)15-18)22(26)14-30-21-8-5-17(23)12-20(21)24/h3-8,12,18H,2,9-11,13-15H2,1H3. The average Bonchev–Trinajstić information content (AvgIpc) is 3.09. The van der Waals surface area contributed by atoms with Crippen molar-refractivity contribution in [2.45, 2.75) is 32.4 Å². The lowest BCUT2D eigenvalue weighted by Crippen LogP contribution is -2.43. The molecule has 6 nitrogen and oxygen atoms in total. The zero-order valence-corrected chi connectivity index (χ0v) is 19.5. The maximum Gasteiger partial charge on any atom is 0.261 e. The highest BCUT2D eigenvalue weighted by Crippen LogP contribution is 2.28. The van der Waals surface area contributed by atoms with E-state index in [-0.39, 0.29) is 30.6 Å². The minimum atomic E-state index is -3.15. The van der Waals surface area contributed by atoms with E-state index >= 15 is 0 Å². The molecule has 0 saturated carbocycles. The molecule has 0 spiro atoms. The van der Waals surface area contributed by atoms with Gasteiger partial charge in [-0.05, 0) is 48.7 Å². The summed E-state index contributed by atoms with van der Waals surface area (Å²) in [7, 11) is -3.15. The van der Waals surface area contributed by atoms with Gasteiger partial charge < -0.3 is 14.4 Å². The molecule has 1 unspecified atom stereocenters. The molecule has 1 aliphatic rings. The van der Waals surface area contributed by atoms with Crippen LogP contribution in [0.2, 0.25) is 10.0 Å². The van der Waals surface area contributed by atoms with Gasteiger partial charge in [0, 0.05) is 17.6 Å². The number of benzene rings is 2. The normalized spacial score (nSPS) is 17.3. The van der Waals surface area contributed by atoms with Gasteiger partial charge in [0.05, 0.1) is 23.1 Å². The quantitative estimate of drug-likeness (QED) is 0.526. The third-order valence-electron chi connectivity index (χ3n) is 4.96. The molecule has 1 heterocycles. The van der Waals surface area contributed by atoms with Crippen LogP contribution in [0.1, 0.15) is 25.3 Å². The molecule has 2 aromatic rings. The van der Waals surface area contributed by atoms with E-state index in [4.69, 9.17) is 32.7 Å². The van der Waals surface area contributed by atoms with Gasteiger partial charge in [-0.2, -0.15) is 0 Å². The molecule has 3 rings (SSSR count). The molecular formula is C22H25Cl2NO5S. The molecule has 0 radical (unpaired) electrons. The monoisotopic (exact) mass is 485 g/mol. The van der Waals surface area contributed by atoms with Gasteiger partial charge in [0.2, 0.25) is 0 Å². The van der Waals surface area contributed by atoms with E-state index in [9.17, 15) is 13.2 Å². The minimum absolute atomic E-state index is 0.0435. The van der Waals surface area contributed by atoms with Crippen molar-refractivity contribution in [2.75, 3.05) is 24.7 Å². The lowest BCUT2D eigenvalue weighted by molar-refractivity contribution is -0.136. The van der Waals surface area contributed by atoms with Crippen molar-refractivity contribution in [3.63, 3.8) is 0 Å². The number of nitrogens with zero attached hydrogens (tertiary/aromatic N) is 1. The SMILES string of the molecule is CCCOc1ccc(CN(C(=O)COc2ccc(Cl)cc2Cl)C2CCS(=O)(=O)C2)cc1. The van der Waals surface area contributed by atoms with Crippen LogP contribution in [0.3, 0.4) is 0 Å². The van der Waals surface area contributed by atoms with E-state index in [2.05, 4.69) is 0 Å². The molecule has 0 aliphatic carbocycles. The van der Waals surface area contributed by atoms with Crippen molar-refractivity contribution >= 4 is 38.9 Å². The summed E-state index contributed by atoms with van der Waals surface area (Å²) in [6, 6.07) is 11.8. The average molecular weight is 486 g/mol. The third-order valence-corrected chi connectivity index (χ3v) is 7.24. The summed E-state index contributed by atoms with van der Waals surface area (Å²) in [5.41, 5.74) is 0.881. The molecule has 168 valence electrons. The fourth-order valence-electron chi connectivity index (χ4n) is 3.36. The van der Waals surface area contributed by atoms with Gasteiger partial charge in [-0.1, -0.05) is 42.3 Å². The molecular weight excluding hydrogens is 461 g/mol. The van der Waals surface area contributed by atoms with Crippen molar-refractivity contribution in [2.24, 2.45) is 0 Å². The first-order valence-corrected chi connectivity index (χ1v) is 12.6. The largest absolute Gasteiger partial charge is 0.494 e. The highest BCUT2D eigenvalue weighted by molar-refractivity contribution is 7.91. The molecule has 0 bridgehead atoms. The van der Waals surface area contributed by atoms with Gasteiger partial charge in [-0.15, -0.1) is 0 Å². The van der Waals surface area contributed by atoms with Gasteiger partial charge in [-0.25, -0.2) is 8.42 Å². The van der Waals surface area contributed by atoms with Gasteiger partial charge >= 0.3 is 0 Å². The van der Waals surface area contributed by atoms with Crippen LogP contribution in [0.5, 0.6) is 11.5 Å². The molecule has 1 amide bonds. The Morgan fingerprint density at radius 2 is 1.87 bits per heavy atom. The molecule has 1 aliphatic heterocycles. The number of hydrogen-bond acceptors (Lipinski definition) is 5. The van der Waals surface area contributed by atoms with Gasteiger partial charge in [0.1, 0.15) is 11.5 Å². The summed E-state index contributed by atoms with van der Waals surface area (Å²) in [6.07, 6.45) is 1.32. The van der Waals surface area contributed by atoms with E-state index < -0.39 is 15.9 Å². The minimum Gasteiger partial charge on any atom is -0.494 e. The van der Waals surface area contributed by atoms with Crippen molar-refractivity contribution in [3.8, 4) is 11.5 Å². The second-order valence-corrected chi connectivity index (χ2v) is 10.5. The molecule has 1 saturated heterocycles. The van der Waals surface area contributed by atoms with Crippen LogP contribution < -0.4 is 9.47 Å². The first kappa shape index (κ1) is 23.7. The summed E-state index contributed by atoms with van der Waals surface area (Å²) >= 11 is 12.0. The Bertz CT molecular complexity index is 1010. The zero-order valence-electron chi connectivity index (χ0n) is 17.2. The van der Waals surface area contributed by atoms with Crippen LogP contribution in [-0.4, -0.2) is 50.0 Å². The van der Waals surface area contributed by atoms with Crippen LogP contribution in [-0.2, 0) is 21.2 Å². The van der Waals surface area contributed by atoms with E-state index in [1.54, 1.807) is 17.0 Å². The van der Waals surface area contributed by atoms with E-state index in [1.807, 2.05) is 31.2 Å². The summed E-state index contributed by atoms with van der Waals surface area (Å²) in [4.78, 5) is 14.6. The smallest absolute Gasteiger partial charge is 0.261 e. The van der Waals surface area contributed by atoms with Crippen LogP contribution in [0, 0.1) is 0 Å². The van der Waals surface area contributed by atoms with Gasteiger partial charge in [0.15, 0.2) is 16.4 Å². The van der Waals surface area contributed by atoms with E-state index in [0.717, 1.165) is 17.7 Å². The maximum absolute atomic E-state index is 13.0. The lowest BCUT2D eigenvalue weighted by atomic mass is 10.1. The highest BCUT2D eigenvalue weighted by atomic mass is 35.5. The zero-order chi connectivity index (χ0) is 22.4. The Balaban J connectivity index is 1.72. The predicted octanol–water partition coefficient (Wildman–Crippen LogP) is 4.38. The first-order valence-electron chi connectivity index (χ1n) is 10.1. The summed E-state index contributed by atoms with van der Waals surface area (Å²) < 4.78 is 35.2. The highest BCUT2D eigenvalue weighted by Gasteiger charge is 2.34. The summed E-state index contributed by atoms with van der Waals surface area (Å²) in [5, 5.41) is 0.769. The number of carbonyl (C=O) groups excluding carboxylic acids is 1. The van der Waals surface area contributed by atoms with Gasteiger partial charge in [0.25, 0.3) is 5.91 Å². The molecule has 0 aromatic heterocycles. The second-order valence-electron chi connectivity index (χ2n) is 7.43. The van der Waals surface area contributed by atoms with Crippen molar-refractivity contribution in [3.05, 3.63) is 58.1 Å². The Hall–Kier alpha value is -1.96. The van der Waals surface area contributed by atoms with E-state index in [0.29, 0.717) is 28.8 Å². The Morgan fingerprint density at radius 3 is 2.48 bits per heavy atom. The van der Waals surface area contributed by atoms with Crippen LogP contribution in [0.25, 0.3) is 0 Å². The topological polar surface area (TPSA) is 72.9 Å². The van der Waals surface area contributed by atoms with Crippen molar-refractivity contribution in [1.29, 1.82) is 0 Å². The number of halogens is 2. The number of rotatable bonds is 9. The van der Waals surface area contributed by atoms with Crippen molar-refractivity contribution < 1.29 is 22.7 Å². The molecule has 0 N–H and O–H groups in total. The molecule has 31 heavy (non-hydrogen) atoms. The second kappa shape index (κ2) is 10.6. The lowest BCUT2D eigenvalue weighted by Gasteiger charge is -2.28. The molecule has 1 atom stereocenters. The third kappa shape index (κ3) is 6.76. The number of ether oxygens (including phenoxy) is 2. The Kier molecular flexibility index (Phi) is 8.08. The van der Waals surface area contributed by atoms with Crippen molar-refractivity contribution in [1.82, 2.24) is 4.90 Å². The number of sulfone groups is 1. The fraction of sp³-hybridized carbons (Fsp3) is 0.409. The first-order chi connectivity index (χ1) is 14.8. The summed E-state index contributed by atoms with van der Waals surface area (Å²) in [5.74, 6) is 0.829. The number of amides is 1. The number of carbonyl (C=O) groups is 1. The van der Waals surface area contributed by atoms with Crippen LogP contribution in [0.15, 0.2) is 42.5 Å². The molecule has 1 fully saturated rings. The fourth-order valence-corrected chi connectivity index (χ4v) is 5.56. The predicted molar refractivity (Wildman–Crippen MR) is 122 cm³/mol. The Morgan fingerprint density at radius 1 is 1.13 bits per heavy atom. The maximum atomic E-state index is 13.0. The van der Waals surface area contributed by atoms with Gasteiger partial charge in [-0.3, -0.25) is 4.79 Å². The summed E-state index contributed by atoms with van der Waals surface area (Å²) in [6.45, 7) is 2.70. The molecule has 9 heteroatoms. The number of hydrogen-bond donors (Lipinski definition) is 0.